The Hall–Kier alpha value is -2.91. The molecule has 32 heavy (non-hydrogen) atoms. The van der Waals surface area contributed by atoms with Crippen LogP contribution in [-0.4, -0.2) is 39.3 Å². The second kappa shape index (κ2) is 8.55. The Labute approximate surface area is 193 Å². The SMILES string of the molecule is COC(=O)c1c(NC(=O)CSc2nnc3c(C)cc4ccccc4n23)sc2c1CCCC2. The molecule has 0 saturated heterocycles. The molecule has 0 fully saturated rings. The third kappa shape index (κ3) is 3.65. The highest BCUT2D eigenvalue weighted by molar-refractivity contribution is 7.99. The van der Waals surface area contributed by atoms with Crippen molar-refractivity contribution in [2.45, 2.75) is 37.8 Å². The van der Waals surface area contributed by atoms with Crippen LogP contribution in [0.2, 0.25) is 0 Å². The molecule has 0 spiro atoms. The van der Waals surface area contributed by atoms with Crippen LogP contribution >= 0.6 is 23.1 Å². The fourth-order valence-corrected chi connectivity index (χ4v) is 6.25. The summed E-state index contributed by atoms with van der Waals surface area (Å²) in [6, 6.07) is 10.1. The number of hydrogen-bond donors (Lipinski definition) is 1. The Morgan fingerprint density at radius 3 is 2.88 bits per heavy atom. The number of para-hydroxylation sites is 1. The Morgan fingerprint density at radius 1 is 1.22 bits per heavy atom. The van der Waals surface area contributed by atoms with Crippen LogP contribution in [0.4, 0.5) is 5.00 Å². The van der Waals surface area contributed by atoms with Gasteiger partial charge < -0.3 is 10.1 Å². The molecule has 1 aliphatic rings. The van der Waals surface area contributed by atoms with E-state index in [9.17, 15) is 9.59 Å². The number of hydrogen-bond acceptors (Lipinski definition) is 7. The molecule has 0 saturated carbocycles. The van der Waals surface area contributed by atoms with Crippen molar-refractivity contribution >= 4 is 56.5 Å². The topological polar surface area (TPSA) is 85.6 Å². The smallest absolute Gasteiger partial charge is 0.341 e. The summed E-state index contributed by atoms with van der Waals surface area (Å²) in [4.78, 5) is 26.4. The second-order valence-corrected chi connectivity index (χ2v) is 9.82. The van der Waals surface area contributed by atoms with Gasteiger partial charge in [-0.05, 0) is 61.3 Å². The van der Waals surface area contributed by atoms with Gasteiger partial charge >= 0.3 is 5.97 Å². The molecule has 0 aliphatic heterocycles. The van der Waals surface area contributed by atoms with Crippen molar-refractivity contribution in [3.8, 4) is 0 Å². The number of carbonyl (C=O) groups is 2. The van der Waals surface area contributed by atoms with Crippen LogP contribution in [0.15, 0.2) is 35.5 Å². The lowest BCUT2D eigenvalue weighted by Crippen LogP contribution is -2.16. The maximum absolute atomic E-state index is 12.8. The second-order valence-electron chi connectivity index (χ2n) is 7.77. The number of aromatic nitrogens is 3. The number of esters is 1. The molecular formula is C23H22N4O3S2. The highest BCUT2D eigenvalue weighted by Gasteiger charge is 2.27. The van der Waals surface area contributed by atoms with Gasteiger partial charge in [0.2, 0.25) is 5.91 Å². The van der Waals surface area contributed by atoms with Gasteiger partial charge in [-0.2, -0.15) is 0 Å². The number of ether oxygens (including phenoxy) is 1. The van der Waals surface area contributed by atoms with Crippen LogP contribution in [0.1, 0.15) is 39.2 Å². The summed E-state index contributed by atoms with van der Waals surface area (Å²) >= 11 is 2.82. The summed E-state index contributed by atoms with van der Waals surface area (Å²) in [7, 11) is 1.37. The minimum Gasteiger partial charge on any atom is -0.465 e. The Kier molecular flexibility index (Phi) is 5.60. The molecule has 3 aromatic heterocycles. The molecule has 0 atom stereocenters. The highest BCUT2D eigenvalue weighted by Crippen LogP contribution is 2.38. The maximum Gasteiger partial charge on any atom is 0.341 e. The predicted molar refractivity (Wildman–Crippen MR) is 127 cm³/mol. The highest BCUT2D eigenvalue weighted by atomic mass is 32.2. The van der Waals surface area contributed by atoms with Crippen molar-refractivity contribution in [2.24, 2.45) is 0 Å². The lowest BCUT2D eigenvalue weighted by molar-refractivity contribution is -0.113. The molecule has 5 rings (SSSR count). The Bertz CT molecular complexity index is 1360. The number of pyridine rings is 1. The normalized spacial score (nSPS) is 13.3. The number of amides is 1. The summed E-state index contributed by atoms with van der Waals surface area (Å²) in [5.41, 5.74) is 4.35. The average Bonchev–Trinajstić information content (AvgIpc) is 3.39. The first-order valence-corrected chi connectivity index (χ1v) is 12.3. The van der Waals surface area contributed by atoms with Crippen molar-refractivity contribution in [1.29, 1.82) is 0 Å². The van der Waals surface area contributed by atoms with Gasteiger partial charge in [0.15, 0.2) is 10.8 Å². The van der Waals surface area contributed by atoms with Crippen LogP contribution in [0.25, 0.3) is 16.6 Å². The third-order valence-electron chi connectivity index (χ3n) is 5.68. The standard InChI is InChI=1S/C23H22N4O3S2/c1-13-11-14-7-3-5-9-16(14)27-20(13)25-26-23(27)31-12-18(28)24-21-19(22(29)30-2)15-8-4-6-10-17(15)32-21/h3,5,7,9,11H,4,6,8,10,12H2,1-2H3,(H,24,28). The van der Waals surface area contributed by atoms with Crippen LogP contribution < -0.4 is 5.32 Å². The van der Waals surface area contributed by atoms with E-state index < -0.39 is 5.97 Å². The van der Waals surface area contributed by atoms with E-state index in [1.165, 1.54) is 35.1 Å². The van der Waals surface area contributed by atoms with Gasteiger partial charge in [-0.1, -0.05) is 30.0 Å². The fraction of sp³-hybridized carbons (Fsp3) is 0.304. The van der Waals surface area contributed by atoms with Gasteiger partial charge in [0.25, 0.3) is 0 Å². The van der Waals surface area contributed by atoms with Gasteiger partial charge in [-0.3, -0.25) is 9.20 Å². The quantitative estimate of drug-likeness (QED) is 0.340. The molecule has 9 heteroatoms. The molecule has 4 aromatic rings. The number of anilines is 1. The van der Waals surface area contributed by atoms with Crippen LogP contribution in [0.5, 0.6) is 0 Å². The first kappa shape index (κ1) is 21.0. The van der Waals surface area contributed by atoms with Gasteiger partial charge in [0.05, 0.1) is 23.9 Å². The minimum absolute atomic E-state index is 0.159. The summed E-state index contributed by atoms with van der Waals surface area (Å²) in [6.45, 7) is 2.00. The average molecular weight is 467 g/mol. The molecule has 164 valence electrons. The predicted octanol–water partition coefficient (Wildman–Crippen LogP) is 4.65. The molecule has 0 unspecified atom stereocenters. The molecule has 1 aromatic carbocycles. The van der Waals surface area contributed by atoms with E-state index in [-0.39, 0.29) is 11.7 Å². The minimum atomic E-state index is -0.391. The number of nitrogens with one attached hydrogen (secondary N) is 1. The lowest BCUT2D eigenvalue weighted by atomic mass is 9.95. The molecule has 1 aliphatic carbocycles. The summed E-state index contributed by atoms with van der Waals surface area (Å²) in [6.07, 6.45) is 3.93. The van der Waals surface area contributed by atoms with Gasteiger partial charge in [0.1, 0.15) is 5.00 Å². The molecule has 0 bridgehead atoms. The lowest BCUT2D eigenvalue weighted by Gasteiger charge is -2.11. The summed E-state index contributed by atoms with van der Waals surface area (Å²) in [5, 5.41) is 13.9. The number of rotatable bonds is 5. The summed E-state index contributed by atoms with van der Waals surface area (Å²) < 4.78 is 6.98. The van der Waals surface area contributed by atoms with E-state index in [2.05, 4.69) is 27.6 Å². The maximum atomic E-state index is 12.8. The van der Waals surface area contributed by atoms with Crippen molar-refractivity contribution in [3.05, 3.63) is 51.9 Å². The number of methoxy groups -OCH3 is 1. The number of carbonyl (C=O) groups excluding carboxylic acids is 2. The van der Waals surface area contributed by atoms with Crippen LogP contribution in [0.3, 0.4) is 0 Å². The third-order valence-corrected chi connectivity index (χ3v) is 7.82. The zero-order chi connectivity index (χ0) is 22.2. The monoisotopic (exact) mass is 466 g/mol. The first-order valence-electron chi connectivity index (χ1n) is 10.5. The Balaban J connectivity index is 1.39. The molecule has 1 amide bonds. The molecule has 7 nitrogen and oxygen atoms in total. The number of thiophene rings is 1. The largest absolute Gasteiger partial charge is 0.465 e. The zero-order valence-electron chi connectivity index (χ0n) is 17.8. The fourth-order valence-electron chi connectivity index (χ4n) is 4.21. The summed E-state index contributed by atoms with van der Waals surface area (Å²) in [5.74, 6) is -0.420. The van der Waals surface area contributed by atoms with Crippen molar-refractivity contribution < 1.29 is 14.3 Å². The van der Waals surface area contributed by atoms with E-state index in [0.717, 1.165) is 53.4 Å². The van der Waals surface area contributed by atoms with E-state index in [4.69, 9.17) is 4.74 Å². The molecule has 3 heterocycles. The van der Waals surface area contributed by atoms with Crippen molar-refractivity contribution in [3.63, 3.8) is 0 Å². The van der Waals surface area contributed by atoms with Crippen molar-refractivity contribution in [1.82, 2.24) is 14.6 Å². The van der Waals surface area contributed by atoms with E-state index >= 15 is 0 Å². The first-order chi connectivity index (χ1) is 15.6. The molecule has 1 N–H and O–H groups in total. The van der Waals surface area contributed by atoms with Gasteiger partial charge in [0, 0.05) is 4.88 Å². The zero-order valence-corrected chi connectivity index (χ0v) is 19.4. The van der Waals surface area contributed by atoms with E-state index in [1.807, 2.05) is 29.5 Å². The molecule has 0 radical (unpaired) electrons. The number of aryl methyl sites for hydroxylation is 2. The van der Waals surface area contributed by atoms with Crippen molar-refractivity contribution in [2.75, 3.05) is 18.2 Å². The van der Waals surface area contributed by atoms with Gasteiger partial charge in [-0.25, -0.2) is 4.79 Å². The van der Waals surface area contributed by atoms with Crippen LogP contribution in [-0.2, 0) is 22.4 Å². The number of fused-ring (bicyclic) bond motifs is 4. The van der Waals surface area contributed by atoms with Gasteiger partial charge in [-0.15, -0.1) is 21.5 Å². The van der Waals surface area contributed by atoms with E-state index in [0.29, 0.717) is 15.7 Å². The number of thioether (sulfide) groups is 1. The number of nitrogens with zero attached hydrogens (tertiary/aromatic N) is 3. The van der Waals surface area contributed by atoms with Crippen LogP contribution in [0, 0.1) is 6.92 Å². The Morgan fingerprint density at radius 2 is 2.03 bits per heavy atom. The van der Waals surface area contributed by atoms with E-state index in [1.54, 1.807) is 0 Å². The molecular weight excluding hydrogens is 444 g/mol. The number of benzene rings is 1.